The zero-order chi connectivity index (χ0) is 14.9. The molecule has 114 valence electrons. The number of benzene rings is 1. The summed E-state index contributed by atoms with van der Waals surface area (Å²) >= 11 is 0. The highest BCUT2D eigenvalue weighted by atomic mass is 16.7. The molecule has 2 fully saturated rings. The Morgan fingerprint density at radius 2 is 1.76 bits per heavy atom. The number of hydrogen-bond acceptors (Lipinski definition) is 5. The number of nitrogens with zero attached hydrogens (tertiary/aromatic N) is 2. The summed E-state index contributed by atoms with van der Waals surface area (Å²) < 4.78 is 11.5. The Labute approximate surface area is 123 Å². The predicted molar refractivity (Wildman–Crippen MR) is 78.4 cm³/mol. The Morgan fingerprint density at radius 3 is 2.29 bits per heavy atom. The summed E-state index contributed by atoms with van der Waals surface area (Å²) in [4.78, 5) is 12.5. The third-order valence-corrected chi connectivity index (χ3v) is 4.55. The molecule has 0 radical (unpaired) electrons. The third kappa shape index (κ3) is 2.87. The molecule has 1 spiro atoms. The first-order valence-electron chi connectivity index (χ1n) is 7.35. The van der Waals surface area contributed by atoms with Gasteiger partial charge in [0.1, 0.15) is 0 Å². The van der Waals surface area contributed by atoms with E-state index in [4.69, 9.17) is 9.47 Å². The molecule has 21 heavy (non-hydrogen) atoms. The molecule has 1 saturated carbocycles. The molecule has 0 bridgehead atoms. The summed E-state index contributed by atoms with van der Waals surface area (Å²) in [7, 11) is 2.04. The van der Waals surface area contributed by atoms with E-state index < -0.39 is 0 Å². The molecule has 0 amide bonds. The summed E-state index contributed by atoms with van der Waals surface area (Å²) in [6.45, 7) is 1.39. The highest BCUT2D eigenvalue weighted by Gasteiger charge is 2.41. The molecule has 0 unspecified atom stereocenters. The number of ether oxygens (including phenoxy) is 2. The van der Waals surface area contributed by atoms with Gasteiger partial charge in [-0.1, -0.05) is 0 Å². The van der Waals surface area contributed by atoms with Gasteiger partial charge in [0.15, 0.2) is 5.79 Å². The van der Waals surface area contributed by atoms with Gasteiger partial charge >= 0.3 is 0 Å². The lowest BCUT2D eigenvalue weighted by molar-refractivity contribution is -0.384. The molecule has 1 aliphatic heterocycles. The van der Waals surface area contributed by atoms with E-state index in [9.17, 15) is 10.1 Å². The Kier molecular flexibility index (Phi) is 3.82. The number of rotatable bonds is 3. The van der Waals surface area contributed by atoms with Gasteiger partial charge in [-0.15, -0.1) is 0 Å². The highest BCUT2D eigenvalue weighted by molar-refractivity contribution is 5.51. The standard InChI is InChI=1S/C15H20N2O4/c1-16(12-2-4-14(5-3-12)17(18)19)13-6-8-15(9-7-13)20-10-11-21-15/h2-5,13H,6-11H2,1H3. The second-order valence-corrected chi connectivity index (χ2v) is 5.72. The van der Waals surface area contributed by atoms with Crippen LogP contribution in [0.4, 0.5) is 11.4 Å². The first-order valence-corrected chi connectivity index (χ1v) is 7.35. The van der Waals surface area contributed by atoms with Crippen LogP contribution in [0, 0.1) is 10.1 Å². The molecule has 2 aliphatic rings. The van der Waals surface area contributed by atoms with E-state index in [0.29, 0.717) is 19.3 Å². The van der Waals surface area contributed by atoms with Crippen molar-refractivity contribution in [3.63, 3.8) is 0 Å². The van der Waals surface area contributed by atoms with Crippen molar-refractivity contribution in [2.75, 3.05) is 25.2 Å². The predicted octanol–water partition coefficient (Wildman–Crippen LogP) is 2.72. The summed E-state index contributed by atoms with van der Waals surface area (Å²) in [6, 6.07) is 7.15. The fourth-order valence-electron chi connectivity index (χ4n) is 3.24. The number of hydrogen-bond donors (Lipinski definition) is 0. The molecule has 0 N–H and O–H groups in total. The lowest BCUT2D eigenvalue weighted by atomic mass is 9.89. The molecular weight excluding hydrogens is 272 g/mol. The van der Waals surface area contributed by atoms with Crippen LogP contribution < -0.4 is 4.90 Å². The Bertz CT molecular complexity index is 501. The Balaban J connectivity index is 1.63. The summed E-state index contributed by atoms with van der Waals surface area (Å²) in [5.41, 5.74) is 1.14. The molecule has 3 rings (SSSR count). The fourth-order valence-corrected chi connectivity index (χ4v) is 3.24. The molecule has 1 aromatic rings. The smallest absolute Gasteiger partial charge is 0.269 e. The minimum atomic E-state index is -0.372. The summed E-state index contributed by atoms with van der Waals surface area (Å²) in [6.07, 6.45) is 3.84. The van der Waals surface area contributed by atoms with E-state index in [1.54, 1.807) is 12.1 Å². The van der Waals surface area contributed by atoms with Crippen molar-refractivity contribution in [3.8, 4) is 0 Å². The monoisotopic (exact) mass is 292 g/mol. The van der Waals surface area contributed by atoms with Gasteiger partial charge in [0.05, 0.1) is 18.1 Å². The molecular formula is C15H20N2O4. The van der Waals surface area contributed by atoms with Crippen LogP contribution in [0.25, 0.3) is 0 Å². The van der Waals surface area contributed by atoms with Crippen molar-refractivity contribution < 1.29 is 14.4 Å². The normalized spacial score (nSPS) is 21.6. The average molecular weight is 292 g/mol. The van der Waals surface area contributed by atoms with Gasteiger partial charge in [0.25, 0.3) is 5.69 Å². The molecule has 6 nitrogen and oxygen atoms in total. The average Bonchev–Trinajstić information content (AvgIpc) is 2.96. The van der Waals surface area contributed by atoms with Gasteiger partial charge in [0, 0.05) is 43.8 Å². The van der Waals surface area contributed by atoms with Gasteiger partial charge in [-0.25, -0.2) is 0 Å². The third-order valence-electron chi connectivity index (χ3n) is 4.55. The van der Waals surface area contributed by atoms with Crippen molar-refractivity contribution in [2.24, 2.45) is 0 Å². The molecule has 0 atom stereocenters. The lowest BCUT2D eigenvalue weighted by Gasteiger charge is -2.39. The fraction of sp³-hybridized carbons (Fsp3) is 0.600. The van der Waals surface area contributed by atoms with Crippen LogP contribution in [0.3, 0.4) is 0 Å². The molecule has 6 heteroatoms. The second kappa shape index (κ2) is 5.61. The van der Waals surface area contributed by atoms with E-state index in [1.165, 1.54) is 0 Å². The van der Waals surface area contributed by atoms with E-state index in [-0.39, 0.29) is 16.4 Å². The van der Waals surface area contributed by atoms with Gasteiger partial charge in [0.2, 0.25) is 0 Å². The maximum absolute atomic E-state index is 10.7. The Morgan fingerprint density at radius 1 is 1.19 bits per heavy atom. The summed E-state index contributed by atoms with van der Waals surface area (Å²) in [5.74, 6) is -0.340. The second-order valence-electron chi connectivity index (χ2n) is 5.72. The van der Waals surface area contributed by atoms with Crippen molar-refractivity contribution in [2.45, 2.75) is 37.5 Å². The molecule has 1 aliphatic carbocycles. The van der Waals surface area contributed by atoms with Crippen LogP contribution in [0.5, 0.6) is 0 Å². The number of nitro groups is 1. The number of anilines is 1. The van der Waals surface area contributed by atoms with Crippen molar-refractivity contribution >= 4 is 11.4 Å². The quantitative estimate of drug-likeness (QED) is 0.633. The van der Waals surface area contributed by atoms with Crippen LogP contribution in [-0.2, 0) is 9.47 Å². The minimum absolute atomic E-state index is 0.127. The van der Waals surface area contributed by atoms with Crippen LogP contribution in [0.1, 0.15) is 25.7 Å². The Hall–Kier alpha value is -1.66. The maximum atomic E-state index is 10.7. The van der Waals surface area contributed by atoms with E-state index in [2.05, 4.69) is 4.90 Å². The van der Waals surface area contributed by atoms with Gasteiger partial charge in [-0.3, -0.25) is 10.1 Å². The van der Waals surface area contributed by atoms with E-state index in [0.717, 1.165) is 31.4 Å². The molecule has 1 heterocycles. The highest BCUT2D eigenvalue weighted by Crippen LogP contribution is 2.38. The zero-order valence-electron chi connectivity index (χ0n) is 12.2. The van der Waals surface area contributed by atoms with Gasteiger partial charge in [-0.2, -0.15) is 0 Å². The zero-order valence-corrected chi connectivity index (χ0v) is 12.2. The first kappa shape index (κ1) is 14.3. The van der Waals surface area contributed by atoms with E-state index in [1.807, 2.05) is 19.2 Å². The van der Waals surface area contributed by atoms with Gasteiger partial charge < -0.3 is 14.4 Å². The molecule has 1 aromatic carbocycles. The number of nitro benzene ring substituents is 1. The van der Waals surface area contributed by atoms with Crippen LogP contribution >= 0.6 is 0 Å². The van der Waals surface area contributed by atoms with Crippen LogP contribution in [0.15, 0.2) is 24.3 Å². The maximum Gasteiger partial charge on any atom is 0.269 e. The minimum Gasteiger partial charge on any atom is -0.372 e. The lowest BCUT2D eigenvalue weighted by Crippen LogP contribution is -2.42. The topological polar surface area (TPSA) is 64.8 Å². The SMILES string of the molecule is CN(c1ccc([N+](=O)[O-])cc1)C1CCC2(CC1)OCCO2. The van der Waals surface area contributed by atoms with Crippen LogP contribution in [0.2, 0.25) is 0 Å². The summed E-state index contributed by atoms with van der Waals surface area (Å²) in [5, 5.41) is 10.7. The van der Waals surface area contributed by atoms with Crippen molar-refractivity contribution in [3.05, 3.63) is 34.4 Å². The molecule has 0 aromatic heterocycles. The van der Waals surface area contributed by atoms with Crippen LogP contribution in [-0.4, -0.2) is 37.0 Å². The number of non-ortho nitro benzene ring substituents is 1. The van der Waals surface area contributed by atoms with Crippen molar-refractivity contribution in [1.82, 2.24) is 0 Å². The first-order chi connectivity index (χ1) is 10.1. The van der Waals surface area contributed by atoms with Gasteiger partial charge in [-0.05, 0) is 25.0 Å². The van der Waals surface area contributed by atoms with E-state index >= 15 is 0 Å². The molecule has 1 saturated heterocycles. The van der Waals surface area contributed by atoms with Crippen molar-refractivity contribution in [1.29, 1.82) is 0 Å². The largest absolute Gasteiger partial charge is 0.372 e.